The molecule has 1 fully saturated rings. The van der Waals surface area contributed by atoms with Gasteiger partial charge in [-0.1, -0.05) is 73.8 Å². The van der Waals surface area contributed by atoms with Gasteiger partial charge in [-0.15, -0.1) is 0 Å². The van der Waals surface area contributed by atoms with Crippen LogP contribution in [-0.4, -0.2) is 28.8 Å². The molecule has 1 aliphatic carbocycles. The molecule has 0 radical (unpaired) electrons. The van der Waals surface area contributed by atoms with Crippen molar-refractivity contribution in [2.24, 2.45) is 0 Å². The normalized spacial score (nSPS) is 15.1. The molecule has 154 valence electrons. The number of rotatable bonds is 8. The maximum Gasteiger partial charge on any atom is 0.243 e. The van der Waals surface area contributed by atoms with Gasteiger partial charge in [0, 0.05) is 30.5 Å². The fourth-order valence-corrected chi connectivity index (χ4v) is 4.04. The molecule has 5 heteroatoms. The minimum absolute atomic E-state index is 0.0255. The van der Waals surface area contributed by atoms with Crippen LogP contribution in [0.15, 0.2) is 54.6 Å². The van der Waals surface area contributed by atoms with Crippen LogP contribution in [0.3, 0.4) is 0 Å². The summed E-state index contributed by atoms with van der Waals surface area (Å²) in [5.74, 6) is -0.0843. The Balaban J connectivity index is 1.86. The van der Waals surface area contributed by atoms with Crippen molar-refractivity contribution in [1.82, 2.24) is 10.2 Å². The summed E-state index contributed by atoms with van der Waals surface area (Å²) >= 11 is 6.01. The molecule has 1 aliphatic rings. The zero-order chi connectivity index (χ0) is 20.6. The largest absolute Gasteiger partial charge is 0.352 e. The minimum Gasteiger partial charge on any atom is -0.352 e. The van der Waals surface area contributed by atoms with Gasteiger partial charge in [-0.25, -0.2) is 0 Å². The second-order valence-corrected chi connectivity index (χ2v) is 8.13. The third-order valence-electron chi connectivity index (χ3n) is 5.54. The van der Waals surface area contributed by atoms with E-state index in [1.807, 2.05) is 61.5 Å². The molecule has 0 aromatic heterocycles. The molecule has 2 amide bonds. The molecule has 0 spiro atoms. The summed E-state index contributed by atoms with van der Waals surface area (Å²) in [6, 6.07) is 17.0. The summed E-state index contributed by atoms with van der Waals surface area (Å²) < 4.78 is 0. The van der Waals surface area contributed by atoms with Gasteiger partial charge in [0.1, 0.15) is 6.04 Å². The lowest BCUT2D eigenvalue weighted by Gasteiger charge is -2.32. The maximum absolute atomic E-state index is 13.3. The van der Waals surface area contributed by atoms with Gasteiger partial charge in [0.15, 0.2) is 0 Å². The van der Waals surface area contributed by atoms with Gasteiger partial charge in [-0.2, -0.15) is 0 Å². The Morgan fingerprint density at radius 1 is 1.03 bits per heavy atom. The smallest absolute Gasteiger partial charge is 0.243 e. The highest BCUT2D eigenvalue weighted by atomic mass is 35.5. The molecule has 2 aromatic carbocycles. The monoisotopic (exact) mass is 412 g/mol. The molecule has 1 saturated carbocycles. The van der Waals surface area contributed by atoms with Gasteiger partial charge < -0.3 is 10.2 Å². The fraction of sp³-hybridized carbons (Fsp3) is 0.417. The molecule has 29 heavy (non-hydrogen) atoms. The molecular weight excluding hydrogens is 384 g/mol. The molecule has 4 nitrogen and oxygen atoms in total. The molecule has 0 heterocycles. The Bertz CT molecular complexity index is 801. The third kappa shape index (κ3) is 6.07. The van der Waals surface area contributed by atoms with Crippen molar-refractivity contribution in [1.29, 1.82) is 0 Å². The van der Waals surface area contributed by atoms with E-state index in [4.69, 9.17) is 11.6 Å². The van der Waals surface area contributed by atoms with Crippen molar-refractivity contribution >= 4 is 23.4 Å². The second-order valence-electron chi connectivity index (χ2n) is 7.70. The highest BCUT2D eigenvalue weighted by molar-refractivity contribution is 6.30. The van der Waals surface area contributed by atoms with Crippen molar-refractivity contribution in [3.8, 4) is 0 Å². The molecule has 0 bridgehead atoms. The lowest BCUT2D eigenvalue weighted by atomic mass is 10.0. The maximum atomic E-state index is 13.3. The first-order chi connectivity index (χ1) is 14.1. The van der Waals surface area contributed by atoms with Gasteiger partial charge in [-0.05, 0) is 36.1 Å². The van der Waals surface area contributed by atoms with Crippen LogP contribution in [0, 0.1) is 0 Å². The Kier molecular flexibility index (Phi) is 7.70. The molecule has 1 atom stereocenters. The summed E-state index contributed by atoms with van der Waals surface area (Å²) in [7, 11) is 0. The van der Waals surface area contributed by atoms with E-state index in [-0.39, 0.29) is 17.9 Å². The van der Waals surface area contributed by atoms with Gasteiger partial charge in [0.2, 0.25) is 11.8 Å². The van der Waals surface area contributed by atoms with Gasteiger partial charge in [0.25, 0.3) is 0 Å². The molecule has 0 saturated heterocycles. The standard InChI is InChI=1S/C24H29ClN2O2/c1-2-23(28)27(17-19-12-14-20(25)15-13-19)22(16-18-8-4-3-5-9-18)24(29)26-21-10-6-7-11-21/h3-5,8-9,12-15,21-22H,2,6-7,10-11,16-17H2,1H3,(H,26,29)/t22-/m0/s1. The Morgan fingerprint density at radius 2 is 1.69 bits per heavy atom. The van der Waals surface area contributed by atoms with Gasteiger partial charge in [-0.3, -0.25) is 9.59 Å². The molecule has 1 N–H and O–H groups in total. The SMILES string of the molecule is CCC(=O)N(Cc1ccc(Cl)cc1)[C@@H](Cc1ccccc1)C(=O)NC1CCCC1. The van der Waals surface area contributed by atoms with Crippen molar-refractivity contribution in [2.75, 3.05) is 0 Å². The molecule has 2 aromatic rings. The van der Waals surface area contributed by atoms with Crippen LogP contribution in [0.2, 0.25) is 5.02 Å². The Hall–Kier alpha value is -2.33. The number of carbonyl (C=O) groups excluding carboxylic acids is 2. The first kappa shape index (κ1) is 21.4. The van der Waals surface area contributed by atoms with E-state index in [0.717, 1.165) is 36.8 Å². The summed E-state index contributed by atoms with van der Waals surface area (Å²) in [4.78, 5) is 27.9. The number of nitrogens with one attached hydrogen (secondary N) is 1. The number of nitrogens with zero attached hydrogens (tertiary/aromatic N) is 1. The van der Waals surface area contributed by atoms with Crippen LogP contribution >= 0.6 is 11.6 Å². The fourth-order valence-electron chi connectivity index (χ4n) is 3.91. The number of amides is 2. The van der Waals surface area contributed by atoms with Crippen LogP contribution < -0.4 is 5.32 Å². The van der Waals surface area contributed by atoms with Crippen molar-refractivity contribution in [3.05, 3.63) is 70.7 Å². The van der Waals surface area contributed by atoms with E-state index in [2.05, 4.69) is 5.32 Å². The first-order valence-electron chi connectivity index (χ1n) is 10.4. The van der Waals surface area contributed by atoms with E-state index in [0.29, 0.717) is 24.4 Å². The molecule has 0 aliphatic heterocycles. The molecule has 3 rings (SSSR count). The summed E-state index contributed by atoms with van der Waals surface area (Å²) in [6.45, 7) is 2.23. The number of benzene rings is 2. The topological polar surface area (TPSA) is 49.4 Å². The lowest BCUT2D eigenvalue weighted by molar-refractivity contribution is -0.141. The second kappa shape index (κ2) is 10.4. The Morgan fingerprint density at radius 3 is 2.31 bits per heavy atom. The summed E-state index contributed by atoms with van der Waals surface area (Å²) in [6.07, 6.45) is 5.19. The minimum atomic E-state index is -0.541. The quantitative estimate of drug-likeness (QED) is 0.680. The van der Waals surface area contributed by atoms with E-state index in [1.54, 1.807) is 4.90 Å². The van der Waals surface area contributed by atoms with E-state index >= 15 is 0 Å². The zero-order valence-corrected chi connectivity index (χ0v) is 17.7. The highest BCUT2D eigenvalue weighted by Crippen LogP contribution is 2.20. The van der Waals surface area contributed by atoms with Crippen LogP contribution in [-0.2, 0) is 22.6 Å². The van der Waals surface area contributed by atoms with Crippen LogP contribution in [0.4, 0.5) is 0 Å². The van der Waals surface area contributed by atoms with Gasteiger partial charge >= 0.3 is 0 Å². The Labute approximate surface area is 178 Å². The zero-order valence-electron chi connectivity index (χ0n) is 16.9. The number of halogens is 1. The van der Waals surface area contributed by atoms with Crippen molar-refractivity contribution < 1.29 is 9.59 Å². The highest BCUT2D eigenvalue weighted by Gasteiger charge is 2.31. The number of hydrogen-bond donors (Lipinski definition) is 1. The third-order valence-corrected chi connectivity index (χ3v) is 5.79. The summed E-state index contributed by atoms with van der Waals surface area (Å²) in [5, 5.41) is 3.85. The first-order valence-corrected chi connectivity index (χ1v) is 10.8. The van der Waals surface area contributed by atoms with Crippen molar-refractivity contribution in [3.63, 3.8) is 0 Å². The predicted octanol–water partition coefficient (Wildman–Crippen LogP) is 4.75. The van der Waals surface area contributed by atoms with E-state index in [1.165, 1.54) is 0 Å². The van der Waals surface area contributed by atoms with E-state index in [9.17, 15) is 9.59 Å². The lowest BCUT2D eigenvalue weighted by Crippen LogP contribution is -2.52. The molecule has 0 unspecified atom stereocenters. The predicted molar refractivity (Wildman–Crippen MR) is 117 cm³/mol. The van der Waals surface area contributed by atoms with Crippen LogP contribution in [0.25, 0.3) is 0 Å². The summed E-state index contributed by atoms with van der Waals surface area (Å²) in [5.41, 5.74) is 2.01. The average molecular weight is 413 g/mol. The van der Waals surface area contributed by atoms with Crippen LogP contribution in [0.5, 0.6) is 0 Å². The average Bonchev–Trinajstić information content (AvgIpc) is 3.25. The number of carbonyl (C=O) groups is 2. The molecular formula is C24H29ClN2O2. The number of hydrogen-bond acceptors (Lipinski definition) is 2. The van der Waals surface area contributed by atoms with Crippen LogP contribution in [0.1, 0.15) is 50.2 Å². The van der Waals surface area contributed by atoms with Gasteiger partial charge in [0.05, 0.1) is 0 Å². The van der Waals surface area contributed by atoms with E-state index < -0.39 is 6.04 Å². The van der Waals surface area contributed by atoms with Crippen molar-refractivity contribution in [2.45, 2.75) is 64.1 Å².